The van der Waals surface area contributed by atoms with Crippen molar-refractivity contribution < 1.29 is 9.59 Å². The van der Waals surface area contributed by atoms with Gasteiger partial charge in [-0.2, -0.15) is 0 Å². The number of fused-ring (bicyclic) bond motifs is 1. The van der Waals surface area contributed by atoms with E-state index in [9.17, 15) is 9.59 Å². The highest BCUT2D eigenvalue weighted by Crippen LogP contribution is 2.19. The van der Waals surface area contributed by atoms with Gasteiger partial charge in [-0.25, -0.2) is 4.98 Å². The SMILES string of the molecule is CC1CCN(C(=O)Cn2c(CNC(=O)C(C)C)nc3ccccc32)CC1. The van der Waals surface area contributed by atoms with Gasteiger partial charge < -0.3 is 14.8 Å². The molecule has 2 aromatic rings. The number of benzene rings is 1. The smallest absolute Gasteiger partial charge is 0.242 e. The summed E-state index contributed by atoms with van der Waals surface area (Å²) in [7, 11) is 0. The number of nitrogens with zero attached hydrogens (tertiary/aromatic N) is 3. The minimum Gasteiger partial charge on any atom is -0.349 e. The van der Waals surface area contributed by atoms with Gasteiger partial charge in [0.05, 0.1) is 17.6 Å². The Hall–Kier alpha value is -2.37. The Balaban J connectivity index is 1.80. The average molecular weight is 356 g/mol. The molecule has 0 bridgehead atoms. The molecule has 1 aliphatic rings. The Morgan fingerprint density at radius 3 is 2.62 bits per heavy atom. The van der Waals surface area contributed by atoms with Crippen molar-refractivity contribution >= 4 is 22.8 Å². The largest absolute Gasteiger partial charge is 0.349 e. The lowest BCUT2D eigenvalue weighted by Gasteiger charge is -2.30. The van der Waals surface area contributed by atoms with Crippen molar-refractivity contribution in [3.05, 3.63) is 30.1 Å². The van der Waals surface area contributed by atoms with Crippen LogP contribution >= 0.6 is 0 Å². The molecule has 3 rings (SSSR count). The molecule has 2 amide bonds. The minimum absolute atomic E-state index is 0.0139. The summed E-state index contributed by atoms with van der Waals surface area (Å²) >= 11 is 0. The summed E-state index contributed by atoms with van der Waals surface area (Å²) in [5, 5.41) is 2.91. The van der Waals surface area contributed by atoms with Crippen LogP contribution in [0.5, 0.6) is 0 Å². The van der Waals surface area contributed by atoms with Crippen molar-refractivity contribution in [2.75, 3.05) is 13.1 Å². The number of para-hydroxylation sites is 2. The summed E-state index contributed by atoms with van der Waals surface area (Å²) < 4.78 is 1.94. The van der Waals surface area contributed by atoms with E-state index < -0.39 is 0 Å². The number of piperidine rings is 1. The molecule has 1 aliphatic heterocycles. The van der Waals surface area contributed by atoms with Gasteiger partial charge >= 0.3 is 0 Å². The van der Waals surface area contributed by atoms with E-state index in [0.717, 1.165) is 42.8 Å². The molecule has 1 aromatic carbocycles. The van der Waals surface area contributed by atoms with Gasteiger partial charge in [-0.3, -0.25) is 9.59 Å². The molecule has 1 aromatic heterocycles. The third-order valence-corrected chi connectivity index (χ3v) is 5.11. The number of likely N-dealkylation sites (tertiary alicyclic amines) is 1. The van der Waals surface area contributed by atoms with Crippen LogP contribution in [0.3, 0.4) is 0 Å². The van der Waals surface area contributed by atoms with Gasteiger partial charge in [-0.15, -0.1) is 0 Å². The highest BCUT2D eigenvalue weighted by atomic mass is 16.2. The quantitative estimate of drug-likeness (QED) is 0.895. The van der Waals surface area contributed by atoms with E-state index in [4.69, 9.17) is 0 Å². The summed E-state index contributed by atoms with van der Waals surface area (Å²) in [4.78, 5) is 31.3. The topological polar surface area (TPSA) is 67.2 Å². The maximum Gasteiger partial charge on any atom is 0.242 e. The highest BCUT2D eigenvalue weighted by molar-refractivity contribution is 5.81. The fraction of sp³-hybridized carbons (Fsp3) is 0.550. The van der Waals surface area contributed by atoms with Gasteiger partial charge in [0, 0.05) is 19.0 Å². The van der Waals surface area contributed by atoms with Crippen LogP contribution in [-0.4, -0.2) is 39.4 Å². The average Bonchev–Trinajstić information content (AvgIpc) is 2.97. The lowest BCUT2D eigenvalue weighted by Crippen LogP contribution is -2.40. The number of carbonyl (C=O) groups is 2. The summed E-state index contributed by atoms with van der Waals surface area (Å²) in [6.07, 6.45) is 2.13. The summed E-state index contributed by atoms with van der Waals surface area (Å²) in [5.41, 5.74) is 1.78. The van der Waals surface area contributed by atoms with Gasteiger partial charge in [-0.05, 0) is 30.9 Å². The van der Waals surface area contributed by atoms with Crippen LogP contribution in [0.2, 0.25) is 0 Å². The van der Waals surface area contributed by atoms with E-state index in [1.807, 2.05) is 47.6 Å². The van der Waals surface area contributed by atoms with Crippen LogP contribution < -0.4 is 5.32 Å². The van der Waals surface area contributed by atoms with Crippen LogP contribution in [0.1, 0.15) is 39.4 Å². The Morgan fingerprint density at radius 1 is 1.23 bits per heavy atom. The molecule has 6 heteroatoms. The Labute approximate surface area is 154 Å². The van der Waals surface area contributed by atoms with Crippen molar-refractivity contribution in [3.8, 4) is 0 Å². The standard InChI is InChI=1S/C20H28N4O2/c1-14(2)20(26)21-12-18-22-16-6-4-5-7-17(16)24(18)13-19(25)23-10-8-15(3)9-11-23/h4-7,14-15H,8-13H2,1-3H3,(H,21,26). The van der Waals surface area contributed by atoms with Gasteiger partial charge in [0.15, 0.2) is 0 Å². The Bertz CT molecular complexity index is 788. The van der Waals surface area contributed by atoms with Crippen molar-refractivity contribution in [2.24, 2.45) is 11.8 Å². The summed E-state index contributed by atoms with van der Waals surface area (Å²) in [6.45, 7) is 8.20. The molecule has 0 aliphatic carbocycles. The van der Waals surface area contributed by atoms with Crippen LogP contribution in [-0.2, 0) is 22.7 Å². The number of rotatable bonds is 5. The number of hydrogen-bond acceptors (Lipinski definition) is 3. The molecule has 1 N–H and O–H groups in total. The third-order valence-electron chi connectivity index (χ3n) is 5.11. The first kappa shape index (κ1) is 18.4. The van der Waals surface area contributed by atoms with E-state index in [0.29, 0.717) is 12.5 Å². The number of carbonyl (C=O) groups excluding carboxylic acids is 2. The first-order valence-electron chi connectivity index (χ1n) is 9.45. The van der Waals surface area contributed by atoms with Gasteiger partial charge in [0.25, 0.3) is 0 Å². The van der Waals surface area contributed by atoms with Crippen LogP contribution in [0.15, 0.2) is 24.3 Å². The Morgan fingerprint density at radius 2 is 1.92 bits per heavy atom. The molecule has 1 fully saturated rings. The fourth-order valence-electron chi connectivity index (χ4n) is 3.30. The molecule has 26 heavy (non-hydrogen) atoms. The lowest BCUT2D eigenvalue weighted by atomic mass is 9.99. The maximum atomic E-state index is 12.8. The van der Waals surface area contributed by atoms with E-state index in [2.05, 4.69) is 17.2 Å². The van der Waals surface area contributed by atoms with Crippen molar-refractivity contribution in [3.63, 3.8) is 0 Å². The molecular formula is C20H28N4O2. The van der Waals surface area contributed by atoms with Crippen LogP contribution in [0.4, 0.5) is 0 Å². The number of hydrogen-bond donors (Lipinski definition) is 1. The van der Waals surface area contributed by atoms with Crippen molar-refractivity contribution in [1.82, 2.24) is 19.8 Å². The molecule has 0 radical (unpaired) electrons. The monoisotopic (exact) mass is 356 g/mol. The first-order valence-corrected chi connectivity index (χ1v) is 9.45. The summed E-state index contributed by atoms with van der Waals surface area (Å²) in [6, 6.07) is 7.79. The first-order chi connectivity index (χ1) is 12.5. The van der Waals surface area contributed by atoms with Crippen LogP contribution in [0, 0.1) is 11.8 Å². The molecule has 1 saturated heterocycles. The fourth-order valence-corrected chi connectivity index (χ4v) is 3.30. The maximum absolute atomic E-state index is 12.8. The predicted octanol–water partition coefficient (Wildman–Crippen LogP) is 2.57. The zero-order chi connectivity index (χ0) is 18.7. The zero-order valence-corrected chi connectivity index (χ0v) is 15.9. The van der Waals surface area contributed by atoms with Gasteiger partial charge in [0.1, 0.15) is 12.4 Å². The third kappa shape index (κ3) is 4.06. The van der Waals surface area contributed by atoms with E-state index in [-0.39, 0.29) is 24.3 Å². The molecule has 0 saturated carbocycles. The normalized spacial score (nSPS) is 15.6. The van der Waals surface area contributed by atoms with Crippen molar-refractivity contribution in [1.29, 1.82) is 0 Å². The second-order valence-electron chi connectivity index (χ2n) is 7.54. The van der Waals surface area contributed by atoms with Gasteiger partial charge in [0.2, 0.25) is 11.8 Å². The number of aromatic nitrogens is 2. The second kappa shape index (κ2) is 7.89. The molecule has 0 spiro atoms. The van der Waals surface area contributed by atoms with E-state index in [1.165, 1.54) is 0 Å². The molecule has 2 heterocycles. The van der Waals surface area contributed by atoms with E-state index >= 15 is 0 Å². The Kier molecular flexibility index (Phi) is 5.59. The second-order valence-corrected chi connectivity index (χ2v) is 7.54. The molecule has 6 nitrogen and oxygen atoms in total. The van der Waals surface area contributed by atoms with E-state index in [1.54, 1.807) is 0 Å². The lowest BCUT2D eigenvalue weighted by molar-refractivity contribution is -0.133. The highest BCUT2D eigenvalue weighted by Gasteiger charge is 2.22. The molecule has 0 atom stereocenters. The zero-order valence-electron chi connectivity index (χ0n) is 15.9. The number of amides is 2. The summed E-state index contributed by atoms with van der Waals surface area (Å²) in [5.74, 6) is 1.44. The molecule has 0 unspecified atom stereocenters. The number of nitrogens with one attached hydrogen (secondary N) is 1. The molecule has 140 valence electrons. The predicted molar refractivity (Wildman–Crippen MR) is 101 cm³/mol. The van der Waals surface area contributed by atoms with Crippen molar-refractivity contribution in [2.45, 2.75) is 46.7 Å². The number of imidazole rings is 1. The van der Waals surface area contributed by atoms with Gasteiger partial charge in [-0.1, -0.05) is 32.9 Å². The van der Waals surface area contributed by atoms with Crippen LogP contribution in [0.25, 0.3) is 11.0 Å². The minimum atomic E-state index is -0.0789. The molecular weight excluding hydrogens is 328 g/mol.